The summed E-state index contributed by atoms with van der Waals surface area (Å²) in [6, 6.07) is 4.48. The van der Waals surface area contributed by atoms with Gasteiger partial charge in [-0.2, -0.15) is 18.4 Å². The predicted octanol–water partition coefficient (Wildman–Crippen LogP) is 3.63. The van der Waals surface area contributed by atoms with Crippen LogP contribution >= 0.6 is 23.2 Å². The second-order valence-electron chi connectivity index (χ2n) is 4.75. The van der Waals surface area contributed by atoms with E-state index < -0.39 is 17.8 Å². The number of hydrogen-bond donors (Lipinski definition) is 0. The molecule has 0 bridgehead atoms. The highest BCUT2D eigenvalue weighted by Gasteiger charge is 2.64. The summed E-state index contributed by atoms with van der Waals surface area (Å²) in [5, 5.41) is 9.23. The van der Waals surface area contributed by atoms with Gasteiger partial charge in [-0.1, -0.05) is 23.2 Å². The minimum Gasteiger partial charge on any atom is -0.334 e. The first-order valence-corrected chi connectivity index (χ1v) is 7.13. The molecule has 5 nitrogen and oxygen atoms in total. The largest absolute Gasteiger partial charge is 0.451 e. The number of rotatable bonds is 2. The third-order valence-corrected chi connectivity index (χ3v) is 4.10. The van der Waals surface area contributed by atoms with E-state index in [9.17, 15) is 13.2 Å². The second kappa shape index (κ2) is 5.53. The number of benzene rings is 1. The number of alkyl halides is 3. The Morgan fingerprint density at radius 1 is 1.26 bits per heavy atom. The standard InChI is InChI=1S/C13H8Cl2F3N3O2/c14-7-5-9-10(6-8(7)15)21(2-1-19)11(20-9)12(13(16,17)18)22-3-4-23-12/h5-6H,2-4H2. The first-order chi connectivity index (χ1) is 10.8. The topological polar surface area (TPSA) is 60.1 Å². The molecule has 23 heavy (non-hydrogen) atoms. The van der Waals surface area contributed by atoms with Crippen molar-refractivity contribution in [3.8, 4) is 6.07 Å². The van der Waals surface area contributed by atoms with Crippen LogP contribution < -0.4 is 0 Å². The summed E-state index contributed by atoms with van der Waals surface area (Å²) in [5.41, 5.74) is 0.394. The maximum atomic E-state index is 13.6. The fourth-order valence-electron chi connectivity index (χ4n) is 2.43. The zero-order valence-corrected chi connectivity index (χ0v) is 12.8. The van der Waals surface area contributed by atoms with Gasteiger partial charge in [0.1, 0.15) is 6.54 Å². The first kappa shape index (κ1) is 16.3. The number of halogens is 5. The lowest BCUT2D eigenvalue weighted by atomic mass is 10.2. The molecule has 1 aliphatic rings. The van der Waals surface area contributed by atoms with Gasteiger partial charge in [0, 0.05) is 0 Å². The van der Waals surface area contributed by atoms with E-state index in [1.807, 2.05) is 0 Å². The van der Waals surface area contributed by atoms with E-state index in [4.69, 9.17) is 37.9 Å². The van der Waals surface area contributed by atoms with E-state index in [2.05, 4.69) is 4.98 Å². The van der Waals surface area contributed by atoms with Crippen LogP contribution in [0, 0.1) is 11.3 Å². The summed E-state index contributed by atoms with van der Waals surface area (Å²) in [6.07, 6.45) is -4.87. The minimum atomic E-state index is -4.87. The normalized spacial score (nSPS) is 17.6. The summed E-state index contributed by atoms with van der Waals surface area (Å²) in [7, 11) is 0. The third-order valence-electron chi connectivity index (χ3n) is 3.38. The average molecular weight is 366 g/mol. The zero-order chi connectivity index (χ0) is 16.8. The molecule has 0 saturated carbocycles. The van der Waals surface area contributed by atoms with Gasteiger partial charge >= 0.3 is 12.0 Å². The van der Waals surface area contributed by atoms with Gasteiger partial charge in [0.15, 0.2) is 5.82 Å². The van der Waals surface area contributed by atoms with E-state index in [1.165, 1.54) is 12.1 Å². The summed E-state index contributed by atoms with van der Waals surface area (Å²) < 4.78 is 51.5. The minimum absolute atomic E-state index is 0.138. The molecular formula is C13H8Cl2F3N3O2. The third kappa shape index (κ3) is 2.44. The molecule has 1 aromatic carbocycles. The maximum Gasteiger partial charge on any atom is 0.451 e. The first-order valence-electron chi connectivity index (χ1n) is 6.37. The quantitative estimate of drug-likeness (QED) is 0.815. The van der Waals surface area contributed by atoms with Gasteiger partial charge in [-0.3, -0.25) is 0 Å². The second-order valence-corrected chi connectivity index (χ2v) is 5.56. The van der Waals surface area contributed by atoms with Gasteiger partial charge in [0.25, 0.3) is 0 Å². The average Bonchev–Trinajstić information content (AvgIpc) is 3.06. The molecule has 0 aliphatic carbocycles. The fraction of sp³-hybridized carbons (Fsp3) is 0.385. The zero-order valence-electron chi connectivity index (χ0n) is 11.3. The predicted molar refractivity (Wildman–Crippen MR) is 75.0 cm³/mol. The Morgan fingerprint density at radius 3 is 2.43 bits per heavy atom. The Labute approximate surface area is 138 Å². The van der Waals surface area contributed by atoms with E-state index in [-0.39, 0.29) is 40.8 Å². The maximum absolute atomic E-state index is 13.6. The number of nitriles is 1. The Morgan fingerprint density at radius 2 is 1.87 bits per heavy atom. The van der Waals surface area contributed by atoms with Gasteiger partial charge in [0.2, 0.25) is 0 Å². The molecule has 2 heterocycles. The van der Waals surface area contributed by atoms with Crippen molar-refractivity contribution >= 4 is 34.2 Å². The monoisotopic (exact) mass is 365 g/mol. The van der Waals surface area contributed by atoms with Crippen LogP contribution in [0.25, 0.3) is 11.0 Å². The van der Waals surface area contributed by atoms with Gasteiger partial charge in [0.05, 0.1) is 40.4 Å². The van der Waals surface area contributed by atoms with Crippen LogP contribution in [0.2, 0.25) is 10.0 Å². The molecule has 0 spiro atoms. The van der Waals surface area contributed by atoms with Crippen LogP contribution in [0.3, 0.4) is 0 Å². The smallest absolute Gasteiger partial charge is 0.334 e. The Balaban J connectivity index is 2.32. The van der Waals surface area contributed by atoms with Crippen molar-refractivity contribution in [2.45, 2.75) is 18.5 Å². The molecule has 1 aromatic heterocycles. The molecule has 0 radical (unpaired) electrons. The van der Waals surface area contributed by atoms with Gasteiger partial charge < -0.3 is 14.0 Å². The van der Waals surface area contributed by atoms with Crippen LogP contribution in [-0.2, 0) is 21.8 Å². The molecule has 3 rings (SSSR count). The number of fused-ring (bicyclic) bond motifs is 1. The van der Waals surface area contributed by atoms with Crippen LogP contribution in [-0.4, -0.2) is 28.9 Å². The number of imidazole rings is 1. The van der Waals surface area contributed by atoms with Crippen molar-refractivity contribution in [2.24, 2.45) is 0 Å². The molecule has 10 heteroatoms. The summed E-state index contributed by atoms with van der Waals surface area (Å²) in [4.78, 5) is 3.95. The number of nitrogens with zero attached hydrogens (tertiary/aromatic N) is 3. The summed E-state index contributed by atoms with van der Waals surface area (Å²) in [6.45, 7) is -0.859. The molecule has 0 N–H and O–H groups in total. The molecule has 1 saturated heterocycles. The molecule has 0 amide bonds. The lowest BCUT2D eigenvalue weighted by Crippen LogP contribution is -2.45. The Hall–Kier alpha value is -1.53. The van der Waals surface area contributed by atoms with Crippen molar-refractivity contribution in [3.63, 3.8) is 0 Å². The fourth-order valence-corrected chi connectivity index (χ4v) is 2.75. The number of ether oxygens (including phenoxy) is 2. The van der Waals surface area contributed by atoms with Crippen molar-refractivity contribution < 1.29 is 22.6 Å². The van der Waals surface area contributed by atoms with E-state index in [1.54, 1.807) is 6.07 Å². The van der Waals surface area contributed by atoms with Crippen molar-refractivity contribution in [1.29, 1.82) is 5.26 Å². The Kier molecular flexibility index (Phi) is 3.92. The number of aromatic nitrogens is 2. The molecule has 0 atom stereocenters. The van der Waals surface area contributed by atoms with Crippen LogP contribution in [0.15, 0.2) is 12.1 Å². The van der Waals surface area contributed by atoms with Gasteiger partial charge in [-0.25, -0.2) is 4.98 Å². The Bertz CT molecular complexity index is 807. The van der Waals surface area contributed by atoms with Crippen molar-refractivity contribution in [1.82, 2.24) is 9.55 Å². The van der Waals surface area contributed by atoms with Gasteiger partial charge in [-0.05, 0) is 12.1 Å². The molecule has 1 fully saturated rings. The highest BCUT2D eigenvalue weighted by molar-refractivity contribution is 6.42. The van der Waals surface area contributed by atoms with Gasteiger partial charge in [-0.15, -0.1) is 0 Å². The molecule has 1 aliphatic heterocycles. The van der Waals surface area contributed by atoms with Crippen molar-refractivity contribution in [3.05, 3.63) is 28.0 Å². The molecule has 0 unspecified atom stereocenters. The molecular weight excluding hydrogens is 358 g/mol. The van der Waals surface area contributed by atoms with E-state index in [0.29, 0.717) is 0 Å². The lowest BCUT2D eigenvalue weighted by molar-refractivity contribution is -0.356. The highest BCUT2D eigenvalue weighted by Crippen LogP contribution is 2.46. The SMILES string of the molecule is N#CCn1c(C2(C(F)(F)F)OCCO2)nc2cc(Cl)c(Cl)cc21. The molecule has 2 aromatic rings. The number of hydrogen-bond acceptors (Lipinski definition) is 4. The van der Waals surface area contributed by atoms with Crippen LogP contribution in [0.5, 0.6) is 0 Å². The van der Waals surface area contributed by atoms with E-state index >= 15 is 0 Å². The molecule has 122 valence electrons. The highest BCUT2D eigenvalue weighted by atomic mass is 35.5. The lowest BCUT2D eigenvalue weighted by Gasteiger charge is -2.28. The van der Waals surface area contributed by atoms with Crippen LogP contribution in [0.1, 0.15) is 5.82 Å². The summed E-state index contributed by atoms with van der Waals surface area (Å²) in [5.74, 6) is -3.57. The van der Waals surface area contributed by atoms with Crippen LogP contribution in [0.4, 0.5) is 13.2 Å². The van der Waals surface area contributed by atoms with E-state index in [0.717, 1.165) is 4.57 Å². The summed E-state index contributed by atoms with van der Waals surface area (Å²) >= 11 is 11.8. The van der Waals surface area contributed by atoms with Crippen molar-refractivity contribution in [2.75, 3.05) is 13.2 Å².